The highest BCUT2D eigenvalue weighted by Gasteiger charge is 2.37. The molecule has 0 N–H and O–H groups in total. The second-order valence-corrected chi connectivity index (χ2v) is 3.00. The van der Waals surface area contributed by atoms with Gasteiger partial charge in [0, 0.05) is 6.42 Å². The lowest BCUT2D eigenvalue weighted by Crippen LogP contribution is -2.23. The number of hydrogen-bond acceptors (Lipinski definition) is 2. The van der Waals surface area contributed by atoms with Gasteiger partial charge >= 0.3 is 0 Å². The topological polar surface area (TPSA) is 18.5 Å². The van der Waals surface area contributed by atoms with E-state index < -0.39 is 0 Å². The predicted molar refractivity (Wildman–Crippen MR) is 37.6 cm³/mol. The van der Waals surface area contributed by atoms with Gasteiger partial charge in [0.1, 0.15) is 0 Å². The summed E-state index contributed by atoms with van der Waals surface area (Å²) in [7, 11) is 0. The van der Waals surface area contributed by atoms with E-state index in [2.05, 4.69) is 13.0 Å². The van der Waals surface area contributed by atoms with Gasteiger partial charge in [-0.05, 0) is 19.4 Å². The smallest absolute Gasteiger partial charge is 0.188 e. The molecule has 2 aliphatic rings. The summed E-state index contributed by atoms with van der Waals surface area (Å²) in [6.07, 6.45) is 4.25. The van der Waals surface area contributed by atoms with Crippen LogP contribution in [0, 0.1) is 0 Å². The summed E-state index contributed by atoms with van der Waals surface area (Å²) >= 11 is 0. The lowest BCUT2D eigenvalue weighted by Gasteiger charge is -2.17. The third-order valence-corrected chi connectivity index (χ3v) is 2.11. The standard InChI is InChI=1S/C8H12O2/c1-7-2-3-8(6-7)9-4-5-10-8/h6H,2-5H2,1H3. The van der Waals surface area contributed by atoms with E-state index in [0.29, 0.717) is 0 Å². The van der Waals surface area contributed by atoms with Gasteiger partial charge in [-0.25, -0.2) is 0 Å². The van der Waals surface area contributed by atoms with Crippen molar-refractivity contribution in [3.63, 3.8) is 0 Å². The quantitative estimate of drug-likeness (QED) is 0.474. The van der Waals surface area contributed by atoms with Gasteiger partial charge in [-0.15, -0.1) is 0 Å². The molecule has 1 aliphatic heterocycles. The SMILES string of the molecule is CC1=CC2(CC1)OCCO2. The van der Waals surface area contributed by atoms with Crippen molar-refractivity contribution in [2.24, 2.45) is 0 Å². The van der Waals surface area contributed by atoms with E-state index in [0.717, 1.165) is 26.1 Å². The van der Waals surface area contributed by atoms with Crippen molar-refractivity contribution in [1.82, 2.24) is 0 Å². The summed E-state index contributed by atoms with van der Waals surface area (Å²) in [5.41, 5.74) is 1.39. The van der Waals surface area contributed by atoms with Gasteiger partial charge in [0.15, 0.2) is 5.79 Å². The Bertz CT molecular complexity index is 166. The molecule has 0 aromatic carbocycles. The first-order chi connectivity index (χ1) is 4.81. The first kappa shape index (κ1) is 6.38. The van der Waals surface area contributed by atoms with Crippen LogP contribution in [0.4, 0.5) is 0 Å². The highest BCUT2D eigenvalue weighted by molar-refractivity contribution is 5.14. The fourth-order valence-corrected chi connectivity index (χ4v) is 1.59. The summed E-state index contributed by atoms with van der Waals surface area (Å²) < 4.78 is 10.9. The average molecular weight is 140 g/mol. The van der Waals surface area contributed by atoms with Crippen LogP contribution in [0.2, 0.25) is 0 Å². The van der Waals surface area contributed by atoms with E-state index in [1.807, 2.05) is 0 Å². The molecule has 1 fully saturated rings. The molecule has 1 aliphatic carbocycles. The molecule has 1 saturated heterocycles. The molecular weight excluding hydrogens is 128 g/mol. The molecule has 0 aromatic rings. The van der Waals surface area contributed by atoms with Crippen molar-refractivity contribution < 1.29 is 9.47 Å². The van der Waals surface area contributed by atoms with Crippen LogP contribution in [0.25, 0.3) is 0 Å². The zero-order valence-corrected chi connectivity index (χ0v) is 6.22. The Hall–Kier alpha value is -0.340. The Morgan fingerprint density at radius 3 is 2.60 bits per heavy atom. The average Bonchev–Trinajstić information content (AvgIpc) is 2.46. The molecule has 0 radical (unpaired) electrons. The molecule has 2 nitrogen and oxygen atoms in total. The van der Waals surface area contributed by atoms with Gasteiger partial charge in [-0.1, -0.05) is 5.57 Å². The largest absolute Gasteiger partial charge is 0.344 e. The molecular formula is C8H12O2. The maximum absolute atomic E-state index is 5.47. The number of allylic oxidation sites excluding steroid dienone is 1. The summed E-state index contributed by atoms with van der Waals surface area (Å²) in [5, 5.41) is 0. The van der Waals surface area contributed by atoms with Crippen LogP contribution in [0.15, 0.2) is 11.6 Å². The molecule has 1 spiro atoms. The Kier molecular flexibility index (Phi) is 1.32. The fourth-order valence-electron chi connectivity index (χ4n) is 1.59. The van der Waals surface area contributed by atoms with Gasteiger partial charge in [-0.3, -0.25) is 0 Å². The van der Waals surface area contributed by atoms with Crippen molar-refractivity contribution in [1.29, 1.82) is 0 Å². The Balaban J connectivity index is 2.16. The third-order valence-electron chi connectivity index (χ3n) is 2.11. The molecule has 1 heterocycles. The summed E-state index contributed by atoms with van der Waals surface area (Å²) in [6, 6.07) is 0. The van der Waals surface area contributed by atoms with E-state index in [1.165, 1.54) is 5.57 Å². The Morgan fingerprint density at radius 2 is 2.10 bits per heavy atom. The molecule has 2 rings (SSSR count). The van der Waals surface area contributed by atoms with Gasteiger partial charge < -0.3 is 9.47 Å². The highest BCUT2D eigenvalue weighted by atomic mass is 16.7. The van der Waals surface area contributed by atoms with Crippen molar-refractivity contribution in [3.05, 3.63) is 11.6 Å². The minimum Gasteiger partial charge on any atom is -0.344 e. The molecule has 0 unspecified atom stereocenters. The van der Waals surface area contributed by atoms with E-state index >= 15 is 0 Å². The van der Waals surface area contributed by atoms with Gasteiger partial charge in [0.2, 0.25) is 0 Å². The van der Waals surface area contributed by atoms with E-state index in [4.69, 9.17) is 9.47 Å². The van der Waals surface area contributed by atoms with E-state index in [9.17, 15) is 0 Å². The summed E-state index contributed by atoms with van der Waals surface area (Å²) in [5.74, 6) is -0.302. The maximum atomic E-state index is 5.47. The van der Waals surface area contributed by atoms with Crippen LogP contribution in [-0.2, 0) is 9.47 Å². The Morgan fingerprint density at radius 1 is 1.40 bits per heavy atom. The minimum absolute atomic E-state index is 0.302. The molecule has 56 valence electrons. The van der Waals surface area contributed by atoms with E-state index in [1.54, 1.807) is 0 Å². The summed E-state index contributed by atoms with van der Waals surface area (Å²) in [4.78, 5) is 0. The van der Waals surface area contributed by atoms with Gasteiger partial charge in [0.05, 0.1) is 13.2 Å². The van der Waals surface area contributed by atoms with Gasteiger partial charge in [-0.2, -0.15) is 0 Å². The first-order valence-corrected chi connectivity index (χ1v) is 3.77. The van der Waals surface area contributed by atoms with Crippen LogP contribution in [-0.4, -0.2) is 19.0 Å². The first-order valence-electron chi connectivity index (χ1n) is 3.77. The van der Waals surface area contributed by atoms with Gasteiger partial charge in [0.25, 0.3) is 0 Å². The lowest BCUT2D eigenvalue weighted by molar-refractivity contribution is -0.114. The van der Waals surface area contributed by atoms with Crippen molar-refractivity contribution in [2.75, 3.05) is 13.2 Å². The fraction of sp³-hybridized carbons (Fsp3) is 0.750. The molecule has 0 aromatic heterocycles. The second kappa shape index (κ2) is 2.07. The molecule has 0 saturated carbocycles. The highest BCUT2D eigenvalue weighted by Crippen LogP contribution is 2.34. The monoisotopic (exact) mass is 140 g/mol. The summed E-state index contributed by atoms with van der Waals surface area (Å²) in [6.45, 7) is 3.63. The normalized spacial score (nSPS) is 29.5. The Labute approximate surface area is 60.8 Å². The number of rotatable bonds is 0. The minimum atomic E-state index is -0.302. The zero-order chi connectivity index (χ0) is 7.03. The van der Waals surface area contributed by atoms with Crippen LogP contribution in [0.5, 0.6) is 0 Å². The van der Waals surface area contributed by atoms with Crippen molar-refractivity contribution in [3.8, 4) is 0 Å². The predicted octanol–water partition coefficient (Wildman–Crippen LogP) is 1.47. The molecule has 0 bridgehead atoms. The number of hydrogen-bond donors (Lipinski definition) is 0. The second-order valence-electron chi connectivity index (χ2n) is 3.00. The van der Waals surface area contributed by atoms with Crippen LogP contribution in [0.1, 0.15) is 19.8 Å². The number of ether oxygens (including phenoxy) is 2. The molecule has 0 atom stereocenters. The molecule has 2 heteroatoms. The third kappa shape index (κ3) is 0.879. The zero-order valence-electron chi connectivity index (χ0n) is 6.22. The van der Waals surface area contributed by atoms with Crippen LogP contribution in [0.3, 0.4) is 0 Å². The lowest BCUT2D eigenvalue weighted by atomic mass is 10.2. The van der Waals surface area contributed by atoms with E-state index in [-0.39, 0.29) is 5.79 Å². The maximum Gasteiger partial charge on any atom is 0.188 e. The van der Waals surface area contributed by atoms with Crippen LogP contribution < -0.4 is 0 Å². The van der Waals surface area contributed by atoms with Crippen molar-refractivity contribution in [2.45, 2.75) is 25.6 Å². The van der Waals surface area contributed by atoms with Crippen molar-refractivity contribution >= 4 is 0 Å². The van der Waals surface area contributed by atoms with Crippen LogP contribution >= 0.6 is 0 Å². The molecule has 0 amide bonds. The molecule has 10 heavy (non-hydrogen) atoms.